The number of carbonyl (C=O) groups excluding carboxylic acids is 1. The van der Waals surface area contributed by atoms with Gasteiger partial charge < -0.3 is 14.8 Å². The molecule has 4 rings (SSSR count). The summed E-state index contributed by atoms with van der Waals surface area (Å²) in [6.07, 6.45) is 2.13. The summed E-state index contributed by atoms with van der Waals surface area (Å²) >= 11 is 0. The van der Waals surface area contributed by atoms with E-state index in [4.69, 9.17) is 16.0 Å². The molecule has 0 atom stereocenters. The van der Waals surface area contributed by atoms with Crippen LogP contribution in [0.4, 0.5) is 11.5 Å². The highest BCUT2D eigenvalue weighted by Gasteiger charge is 2.34. The van der Waals surface area contributed by atoms with Crippen molar-refractivity contribution in [2.45, 2.75) is 25.9 Å². The van der Waals surface area contributed by atoms with Gasteiger partial charge in [0.25, 0.3) is 5.91 Å². The molecule has 3 aromatic rings. The van der Waals surface area contributed by atoms with Gasteiger partial charge >= 0.3 is 0 Å². The highest BCUT2D eigenvalue weighted by molar-refractivity contribution is 6.04. The first-order valence-corrected chi connectivity index (χ1v) is 9.02. The first kappa shape index (κ1) is 18.5. The Balaban J connectivity index is 1.67. The van der Waals surface area contributed by atoms with Crippen molar-refractivity contribution in [3.8, 4) is 17.2 Å². The predicted molar refractivity (Wildman–Crippen MR) is 107 cm³/mol. The van der Waals surface area contributed by atoms with Crippen LogP contribution in [0.25, 0.3) is 4.85 Å². The van der Waals surface area contributed by atoms with E-state index < -0.39 is 5.60 Å². The van der Waals surface area contributed by atoms with Gasteiger partial charge in [0, 0.05) is 24.6 Å². The van der Waals surface area contributed by atoms with Crippen molar-refractivity contribution in [3.05, 3.63) is 65.1 Å². The van der Waals surface area contributed by atoms with Crippen LogP contribution in [0.2, 0.25) is 0 Å². The van der Waals surface area contributed by atoms with Gasteiger partial charge in [0.15, 0.2) is 11.5 Å². The van der Waals surface area contributed by atoms with Crippen molar-refractivity contribution in [1.29, 1.82) is 0 Å². The maximum atomic E-state index is 12.7. The summed E-state index contributed by atoms with van der Waals surface area (Å²) in [5.74, 6) is 1.77. The molecule has 1 amide bonds. The minimum absolute atomic E-state index is 0.338. The van der Waals surface area contributed by atoms with Crippen molar-refractivity contribution >= 4 is 17.4 Å². The number of rotatable bonds is 4. The first-order chi connectivity index (χ1) is 13.8. The van der Waals surface area contributed by atoms with Gasteiger partial charge in [-0.3, -0.25) is 4.79 Å². The summed E-state index contributed by atoms with van der Waals surface area (Å²) in [6, 6.07) is 10.2. The fourth-order valence-corrected chi connectivity index (χ4v) is 3.17. The molecule has 8 nitrogen and oxygen atoms in total. The molecule has 0 fully saturated rings. The molecule has 29 heavy (non-hydrogen) atoms. The summed E-state index contributed by atoms with van der Waals surface area (Å²) in [7, 11) is 1.67. The zero-order valence-electron chi connectivity index (χ0n) is 16.3. The number of fused-ring (bicyclic) bond motifs is 1. The second-order valence-corrected chi connectivity index (χ2v) is 7.37. The summed E-state index contributed by atoms with van der Waals surface area (Å²) in [4.78, 5) is 17.5. The van der Waals surface area contributed by atoms with E-state index in [2.05, 4.69) is 20.4 Å². The molecule has 0 saturated heterocycles. The largest absolute Gasteiger partial charge is 0.487 e. The van der Waals surface area contributed by atoms with E-state index in [1.54, 1.807) is 43.4 Å². The maximum Gasteiger partial charge on any atom is 0.257 e. The van der Waals surface area contributed by atoms with Gasteiger partial charge in [-0.15, -0.1) is 5.10 Å². The Morgan fingerprint density at radius 1 is 1.31 bits per heavy atom. The number of aromatic nitrogens is 3. The predicted octanol–water partition coefficient (Wildman–Crippen LogP) is 4.12. The number of anilines is 1. The molecule has 1 aliphatic rings. The Hall–Kier alpha value is -3.86. The molecule has 1 N–H and O–H groups in total. The normalized spacial score (nSPS) is 13.9. The number of aryl methyl sites for hydroxylation is 1. The summed E-state index contributed by atoms with van der Waals surface area (Å²) < 4.78 is 12.1. The highest BCUT2D eigenvalue weighted by atomic mass is 16.5. The van der Waals surface area contributed by atoms with Crippen LogP contribution in [-0.2, 0) is 13.5 Å². The Bertz CT molecular complexity index is 1130. The van der Waals surface area contributed by atoms with Crippen LogP contribution in [0.15, 0.2) is 42.6 Å². The van der Waals surface area contributed by atoms with Crippen molar-refractivity contribution in [2.75, 3.05) is 5.32 Å². The molecule has 1 aromatic heterocycles. The Labute approximate surface area is 167 Å². The molecule has 146 valence electrons. The molecule has 1 aliphatic heterocycles. The smallest absolute Gasteiger partial charge is 0.257 e. The van der Waals surface area contributed by atoms with E-state index in [1.807, 2.05) is 13.8 Å². The maximum absolute atomic E-state index is 12.7. The lowest BCUT2D eigenvalue weighted by atomic mass is 9.99. The second-order valence-electron chi connectivity index (χ2n) is 7.37. The first-order valence-electron chi connectivity index (χ1n) is 9.02. The number of hydrogen-bond donors (Lipinski definition) is 1. The number of ether oxygens (including phenoxy) is 2. The standard InChI is InChI=1S/C21H19N5O3/c1-21(2)11-16-17(28-15-7-5-14(22-3)6-8-15)9-13(10-18(16)29-21)20(27)24-19-12-23-26(4)25-19/h5-10,12H,11H2,1-2,4H3,(H,24,25,27). The molecule has 0 saturated carbocycles. The molecular weight excluding hydrogens is 370 g/mol. The van der Waals surface area contributed by atoms with E-state index in [9.17, 15) is 4.79 Å². The Kier molecular flexibility index (Phi) is 4.43. The topological polar surface area (TPSA) is 82.6 Å². The molecule has 0 bridgehead atoms. The third-order valence-electron chi connectivity index (χ3n) is 4.45. The van der Waals surface area contributed by atoms with E-state index in [0.717, 1.165) is 5.56 Å². The molecule has 8 heteroatoms. The molecule has 0 unspecified atom stereocenters. The van der Waals surface area contributed by atoms with E-state index in [0.29, 0.717) is 40.7 Å². The van der Waals surface area contributed by atoms with Crippen LogP contribution < -0.4 is 14.8 Å². The fourth-order valence-electron chi connectivity index (χ4n) is 3.17. The summed E-state index contributed by atoms with van der Waals surface area (Å²) in [6.45, 7) is 11.0. The van der Waals surface area contributed by atoms with Crippen LogP contribution in [0.5, 0.6) is 17.2 Å². The lowest BCUT2D eigenvalue weighted by Crippen LogP contribution is -2.24. The molecule has 2 aromatic carbocycles. The van der Waals surface area contributed by atoms with Gasteiger partial charge in [0.05, 0.1) is 12.8 Å². The van der Waals surface area contributed by atoms with Crippen molar-refractivity contribution < 1.29 is 14.3 Å². The number of nitrogens with zero attached hydrogens (tertiary/aromatic N) is 4. The van der Waals surface area contributed by atoms with Crippen molar-refractivity contribution in [2.24, 2.45) is 7.05 Å². The van der Waals surface area contributed by atoms with E-state index >= 15 is 0 Å². The van der Waals surface area contributed by atoms with Gasteiger partial charge in [-0.1, -0.05) is 12.1 Å². The van der Waals surface area contributed by atoms with Crippen LogP contribution in [-0.4, -0.2) is 26.5 Å². The molecule has 2 heterocycles. The summed E-state index contributed by atoms with van der Waals surface area (Å²) in [5.41, 5.74) is 1.43. The van der Waals surface area contributed by atoms with Gasteiger partial charge in [0.2, 0.25) is 0 Å². The number of carbonyl (C=O) groups is 1. The number of nitrogens with one attached hydrogen (secondary N) is 1. The van der Waals surface area contributed by atoms with Crippen LogP contribution in [0.3, 0.4) is 0 Å². The van der Waals surface area contributed by atoms with Crippen LogP contribution in [0, 0.1) is 6.57 Å². The number of hydrogen-bond acceptors (Lipinski definition) is 5. The average molecular weight is 389 g/mol. The third-order valence-corrected chi connectivity index (χ3v) is 4.45. The monoisotopic (exact) mass is 389 g/mol. The fraction of sp³-hybridized carbons (Fsp3) is 0.238. The van der Waals surface area contributed by atoms with E-state index in [-0.39, 0.29) is 5.91 Å². The zero-order valence-corrected chi connectivity index (χ0v) is 16.3. The minimum atomic E-state index is -0.394. The lowest BCUT2D eigenvalue weighted by Gasteiger charge is -2.16. The quantitative estimate of drug-likeness (QED) is 0.679. The van der Waals surface area contributed by atoms with Crippen molar-refractivity contribution in [1.82, 2.24) is 15.0 Å². The third kappa shape index (κ3) is 3.89. The second kappa shape index (κ2) is 6.95. The molecule has 0 aliphatic carbocycles. The molecule has 0 radical (unpaired) electrons. The van der Waals surface area contributed by atoms with Gasteiger partial charge in [-0.2, -0.15) is 9.90 Å². The SMILES string of the molecule is [C-]#[N+]c1ccc(Oc2cc(C(=O)Nc3cnn(C)n3)cc3c2CC(C)(C)O3)cc1. The van der Waals surface area contributed by atoms with Crippen LogP contribution in [0.1, 0.15) is 29.8 Å². The summed E-state index contributed by atoms with van der Waals surface area (Å²) in [5, 5.41) is 10.7. The Morgan fingerprint density at radius 2 is 2.07 bits per heavy atom. The zero-order chi connectivity index (χ0) is 20.6. The molecular formula is C21H19N5O3. The Morgan fingerprint density at radius 3 is 2.72 bits per heavy atom. The number of amides is 1. The number of benzene rings is 2. The minimum Gasteiger partial charge on any atom is -0.487 e. The van der Waals surface area contributed by atoms with Gasteiger partial charge in [-0.25, -0.2) is 4.85 Å². The lowest BCUT2D eigenvalue weighted by molar-refractivity contribution is 0.102. The highest BCUT2D eigenvalue weighted by Crippen LogP contribution is 2.43. The molecule has 0 spiro atoms. The van der Waals surface area contributed by atoms with Crippen molar-refractivity contribution in [3.63, 3.8) is 0 Å². The average Bonchev–Trinajstić information content (AvgIpc) is 3.23. The van der Waals surface area contributed by atoms with E-state index in [1.165, 1.54) is 11.0 Å². The van der Waals surface area contributed by atoms with Crippen LogP contribution >= 0.6 is 0 Å². The van der Waals surface area contributed by atoms with Gasteiger partial charge in [0.1, 0.15) is 22.8 Å². The van der Waals surface area contributed by atoms with Gasteiger partial charge in [-0.05, 0) is 38.1 Å².